The van der Waals surface area contributed by atoms with Crippen molar-refractivity contribution in [2.24, 2.45) is 5.41 Å². The van der Waals surface area contributed by atoms with Crippen LogP contribution in [0.3, 0.4) is 0 Å². The first-order valence-electron chi connectivity index (χ1n) is 5.44. The lowest BCUT2D eigenvalue weighted by molar-refractivity contribution is -0.0205. The van der Waals surface area contributed by atoms with Gasteiger partial charge in [0, 0.05) is 6.54 Å². The number of rotatable bonds is 4. The number of halogens is 1. The molecule has 0 radical (unpaired) electrons. The molecule has 1 saturated carbocycles. The highest BCUT2D eigenvalue weighted by Crippen LogP contribution is 2.39. The molecule has 0 unspecified atom stereocenters. The molecule has 16 heavy (non-hydrogen) atoms. The van der Waals surface area contributed by atoms with Crippen molar-refractivity contribution in [3.05, 3.63) is 0 Å². The van der Waals surface area contributed by atoms with E-state index in [-0.39, 0.29) is 12.0 Å². The van der Waals surface area contributed by atoms with Crippen LogP contribution < -0.4 is 4.72 Å². The van der Waals surface area contributed by atoms with Crippen LogP contribution in [0.15, 0.2) is 0 Å². The van der Waals surface area contributed by atoms with E-state index in [9.17, 15) is 13.5 Å². The summed E-state index contributed by atoms with van der Waals surface area (Å²) in [5.41, 5.74) is -0.660. The number of sulfonamides is 1. The fraction of sp³-hybridized carbons (Fsp3) is 1.00. The molecule has 1 aliphatic rings. The highest BCUT2D eigenvalue weighted by molar-refractivity contribution is 7.90. The fourth-order valence-corrected chi connectivity index (χ4v) is 2.65. The third-order valence-corrected chi connectivity index (χ3v) is 5.03. The normalized spacial score (nSPS) is 24.2. The van der Waals surface area contributed by atoms with Gasteiger partial charge in [0.1, 0.15) is 5.21 Å². The topological polar surface area (TPSA) is 66.4 Å². The molecule has 0 heterocycles. The van der Waals surface area contributed by atoms with Gasteiger partial charge in [0.2, 0.25) is 10.0 Å². The van der Waals surface area contributed by atoms with Gasteiger partial charge in [-0.25, -0.2) is 13.1 Å². The lowest BCUT2D eigenvalue weighted by Gasteiger charge is -2.40. The molecule has 0 aromatic heterocycles. The van der Waals surface area contributed by atoms with Gasteiger partial charge in [-0.3, -0.25) is 0 Å². The van der Waals surface area contributed by atoms with Gasteiger partial charge in [0.25, 0.3) is 0 Å². The van der Waals surface area contributed by atoms with Crippen LogP contribution in [0.25, 0.3) is 0 Å². The molecular weight excluding hydrogens is 250 g/mol. The Labute approximate surface area is 102 Å². The van der Waals surface area contributed by atoms with E-state index in [1.807, 2.05) is 0 Å². The fourth-order valence-electron chi connectivity index (χ4n) is 1.85. The molecule has 4 nitrogen and oxygen atoms in total. The van der Waals surface area contributed by atoms with Crippen molar-refractivity contribution >= 4 is 21.6 Å². The van der Waals surface area contributed by atoms with Gasteiger partial charge < -0.3 is 5.11 Å². The zero-order chi connectivity index (χ0) is 12.4. The summed E-state index contributed by atoms with van der Waals surface area (Å²) < 4.78 is 24.7. The molecule has 0 amide bonds. The number of aliphatic hydroxyl groups is 1. The van der Waals surface area contributed by atoms with E-state index in [4.69, 9.17) is 11.6 Å². The van der Waals surface area contributed by atoms with Crippen molar-refractivity contribution in [1.82, 2.24) is 4.72 Å². The third kappa shape index (κ3) is 4.20. The van der Waals surface area contributed by atoms with Crippen LogP contribution in [0.2, 0.25) is 0 Å². The number of nitrogens with one attached hydrogen (secondary N) is 1. The van der Waals surface area contributed by atoms with Crippen molar-refractivity contribution < 1.29 is 13.5 Å². The Kier molecular flexibility index (Phi) is 4.27. The zero-order valence-corrected chi connectivity index (χ0v) is 11.4. The number of hydrogen-bond donors (Lipinski definition) is 2. The van der Waals surface area contributed by atoms with Crippen LogP contribution in [0.5, 0.6) is 0 Å². The molecule has 1 fully saturated rings. The summed E-state index contributed by atoms with van der Waals surface area (Å²) in [6, 6.07) is 0. The minimum atomic E-state index is -3.43. The molecule has 0 aromatic rings. The standard InChI is InChI=1S/C10H20ClNO3S/c1-9(2)3-5-10(13,6-4-9)7-12-16(14,15)8-11/h12-13H,3-8H2,1-2H3. The van der Waals surface area contributed by atoms with E-state index < -0.39 is 20.8 Å². The Bertz CT molecular complexity index is 330. The van der Waals surface area contributed by atoms with E-state index >= 15 is 0 Å². The van der Waals surface area contributed by atoms with E-state index in [0.29, 0.717) is 12.8 Å². The average molecular weight is 270 g/mol. The molecule has 0 atom stereocenters. The van der Waals surface area contributed by atoms with E-state index in [0.717, 1.165) is 12.8 Å². The van der Waals surface area contributed by atoms with Crippen molar-refractivity contribution in [1.29, 1.82) is 0 Å². The maximum atomic E-state index is 11.2. The van der Waals surface area contributed by atoms with E-state index in [2.05, 4.69) is 18.6 Å². The summed E-state index contributed by atoms with van der Waals surface area (Å²) in [7, 11) is -3.43. The zero-order valence-electron chi connectivity index (χ0n) is 9.79. The summed E-state index contributed by atoms with van der Waals surface area (Å²) in [5.74, 6) is 0. The van der Waals surface area contributed by atoms with Gasteiger partial charge in [-0.15, -0.1) is 11.6 Å². The molecule has 0 bridgehead atoms. The van der Waals surface area contributed by atoms with Crippen LogP contribution >= 0.6 is 11.6 Å². The number of alkyl halides is 1. The van der Waals surface area contributed by atoms with Crippen LogP contribution in [0, 0.1) is 5.41 Å². The predicted molar refractivity (Wildman–Crippen MR) is 64.8 cm³/mol. The SMILES string of the molecule is CC1(C)CCC(O)(CNS(=O)(=O)CCl)CC1. The quantitative estimate of drug-likeness (QED) is 0.759. The first-order valence-corrected chi connectivity index (χ1v) is 7.63. The summed E-state index contributed by atoms with van der Waals surface area (Å²) in [6.45, 7) is 4.39. The monoisotopic (exact) mass is 269 g/mol. The van der Waals surface area contributed by atoms with Crippen molar-refractivity contribution in [2.45, 2.75) is 45.1 Å². The third-order valence-electron chi connectivity index (χ3n) is 3.30. The minimum absolute atomic E-state index is 0.0676. The Hall–Kier alpha value is 0.160. The van der Waals surface area contributed by atoms with Gasteiger partial charge in [0.15, 0.2) is 0 Å². The Balaban J connectivity index is 2.49. The smallest absolute Gasteiger partial charge is 0.225 e. The highest BCUT2D eigenvalue weighted by atomic mass is 35.5. The van der Waals surface area contributed by atoms with Crippen LogP contribution in [-0.4, -0.2) is 30.9 Å². The molecule has 0 aliphatic heterocycles. The average Bonchev–Trinajstić information content (AvgIpc) is 2.21. The molecule has 1 rings (SSSR count). The largest absolute Gasteiger partial charge is 0.389 e. The predicted octanol–water partition coefficient (Wildman–Crippen LogP) is 1.43. The molecule has 0 saturated heterocycles. The number of hydrogen-bond acceptors (Lipinski definition) is 3. The summed E-state index contributed by atoms with van der Waals surface area (Å²) in [6.07, 6.45) is 3.08. The van der Waals surface area contributed by atoms with Crippen LogP contribution in [0.4, 0.5) is 0 Å². The second kappa shape index (κ2) is 4.80. The Morgan fingerprint density at radius 2 is 1.75 bits per heavy atom. The summed E-state index contributed by atoms with van der Waals surface area (Å²) in [5, 5.41) is 9.73. The van der Waals surface area contributed by atoms with Crippen molar-refractivity contribution in [2.75, 3.05) is 11.8 Å². The van der Waals surface area contributed by atoms with Gasteiger partial charge >= 0.3 is 0 Å². The summed E-state index contributed by atoms with van der Waals surface area (Å²) >= 11 is 5.27. The maximum Gasteiger partial charge on any atom is 0.225 e. The van der Waals surface area contributed by atoms with E-state index in [1.54, 1.807) is 0 Å². The minimum Gasteiger partial charge on any atom is -0.389 e. The van der Waals surface area contributed by atoms with Gasteiger partial charge in [-0.1, -0.05) is 13.8 Å². The van der Waals surface area contributed by atoms with Gasteiger partial charge in [-0.2, -0.15) is 0 Å². The van der Waals surface area contributed by atoms with Crippen LogP contribution in [0.1, 0.15) is 39.5 Å². The second-order valence-electron chi connectivity index (χ2n) is 5.43. The van der Waals surface area contributed by atoms with Crippen molar-refractivity contribution in [3.63, 3.8) is 0 Å². The Morgan fingerprint density at radius 1 is 1.25 bits per heavy atom. The van der Waals surface area contributed by atoms with Crippen molar-refractivity contribution in [3.8, 4) is 0 Å². The Morgan fingerprint density at radius 3 is 2.19 bits per heavy atom. The van der Waals surface area contributed by atoms with E-state index in [1.165, 1.54) is 0 Å². The molecule has 0 aromatic carbocycles. The maximum absolute atomic E-state index is 11.2. The first-order chi connectivity index (χ1) is 7.18. The molecule has 0 spiro atoms. The lowest BCUT2D eigenvalue weighted by atomic mass is 9.71. The second-order valence-corrected chi connectivity index (χ2v) is 7.82. The molecule has 1 aliphatic carbocycles. The first kappa shape index (κ1) is 14.2. The molecule has 96 valence electrons. The molecular formula is C10H20ClNO3S. The highest BCUT2D eigenvalue weighted by Gasteiger charge is 2.37. The van der Waals surface area contributed by atoms with Gasteiger partial charge in [-0.05, 0) is 31.1 Å². The molecule has 6 heteroatoms. The summed E-state index contributed by atoms with van der Waals surface area (Å²) in [4.78, 5) is 0. The molecule has 2 N–H and O–H groups in total. The van der Waals surface area contributed by atoms with Gasteiger partial charge in [0.05, 0.1) is 5.60 Å². The van der Waals surface area contributed by atoms with Crippen LogP contribution in [-0.2, 0) is 10.0 Å². The lowest BCUT2D eigenvalue weighted by Crippen LogP contribution is -2.46.